The zero-order valence-electron chi connectivity index (χ0n) is 16.7. The first-order valence-electron chi connectivity index (χ1n) is 9.98. The van der Waals surface area contributed by atoms with E-state index in [0.717, 1.165) is 0 Å². The molecular formula is C19H28BClFN3O5. The lowest BCUT2D eigenvalue weighted by Gasteiger charge is -2.40. The Morgan fingerprint density at radius 1 is 1.27 bits per heavy atom. The summed E-state index contributed by atoms with van der Waals surface area (Å²) in [5, 5.41) is 29.8. The SMILES string of the molecule is NC(CCCCB(O)O)(CCCN1CC(NC(=O)c2cccc(Cl)c2F)C1)C(=O)O. The number of nitrogens with one attached hydrogen (secondary N) is 1. The molecule has 0 aliphatic carbocycles. The van der Waals surface area contributed by atoms with Crippen LogP contribution in [0.5, 0.6) is 0 Å². The van der Waals surface area contributed by atoms with Crippen LogP contribution in [0.3, 0.4) is 0 Å². The fraction of sp³-hybridized carbons (Fsp3) is 0.579. The van der Waals surface area contributed by atoms with Gasteiger partial charge < -0.3 is 26.2 Å². The molecule has 1 fully saturated rings. The number of unbranched alkanes of at least 4 members (excludes halogenated alkanes) is 1. The van der Waals surface area contributed by atoms with E-state index in [9.17, 15) is 19.1 Å². The molecule has 1 atom stereocenters. The molecule has 30 heavy (non-hydrogen) atoms. The number of carbonyl (C=O) groups excluding carboxylic acids is 1. The molecule has 166 valence electrons. The van der Waals surface area contributed by atoms with Crippen molar-refractivity contribution in [2.24, 2.45) is 5.73 Å². The van der Waals surface area contributed by atoms with E-state index in [2.05, 4.69) is 10.2 Å². The molecule has 0 saturated carbocycles. The van der Waals surface area contributed by atoms with Gasteiger partial charge in [0.2, 0.25) is 0 Å². The monoisotopic (exact) mass is 443 g/mol. The van der Waals surface area contributed by atoms with E-state index in [4.69, 9.17) is 27.4 Å². The van der Waals surface area contributed by atoms with E-state index in [1.54, 1.807) is 0 Å². The maximum Gasteiger partial charge on any atom is 0.451 e. The van der Waals surface area contributed by atoms with Crippen LogP contribution < -0.4 is 11.1 Å². The number of benzene rings is 1. The van der Waals surface area contributed by atoms with Crippen LogP contribution in [0.2, 0.25) is 11.3 Å². The summed E-state index contributed by atoms with van der Waals surface area (Å²) in [7, 11) is -1.39. The molecule has 11 heteroatoms. The molecule has 1 aliphatic rings. The van der Waals surface area contributed by atoms with E-state index in [0.29, 0.717) is 45.3 Å². The zero-order chi connectivity index (χ0) is 22.3. The molecule has 0 radical (unpaired) electrons. The number of carboxylic acid groups (broad SMARTS) is 1. The van der Waals surface area contributed by atoms with Crippen molar-refractivity contribution < 1.29 is 29.1 Å². The van der Waals surface area contributed by atoms with E-state index >= 15 is 0 Å². The summed E-state index contributed by atoms with van der Waals surface area (Å²) in [6, 6.07) is 4.16. The third kappa shape index (κ3) is 6.92. The number of nitrogens with two attached hydrogens (primary N) is 1. The summed E-state index contributed by atoms with van der Waals surface area (Å²) in [4.78, 5) is 25.8. The van der Waals surface area contributed by atoms with Crippen molar-refractivity contribution in [2.45, 2.75) is 50.0 Å². The fourth-order valence-electron chi connectivity index (χ4n) is 3.51. The van der Waals surface area contributed by atoms with E-state index in [1.807, 2.05) is 0 Å². The highest BCUT2D eigenvalue weighted by molar-refractivity contribution is 6.40. The number of hydrogen-bond acceptors (Lipinski definition) is 6. The van der Waals surface area contributed by atoms with Gasteiger partial charge in [-0.15, -0.1) is 0 Å². The molecular weight excluding hydrogens is 415 g/mol. The highest BCUT2D eigenvalue weighted by atomic mass is 35.5. The molecule has 1 amide bonds. The minimum Gasteiger partial charge on any atom is -0.480 e. The third-order valence-electron chi connectivity index (χ3n) is 5.35. The van der Waals surface area contributed by atoms with Crippen LogP contribution in [0.15, 0.2) is 18.2 Å². The number of hydrogen-bond donors (Lipinski definition) is 5. The molecule has 1 aromatic rings. The molecule has 0 aromatic heterocycles. The summed E-state index contributed by atoms with van der Waals surface area (Å²) in [6.45, 7) is 1.82. The number of likely N-dealkylation sites (tertiary alicyclic amines) is 1. The summed E-state index contributed by atoms with van der Waals surface area (Å²) >= 11 is 5.70. The maximum absolute atomic E-state index is 13.9. The number of carboxylic acids is 1. The Balaban J connectivity index is 1.69. The lowest BCUT2D eigenvalue weighted by molar-refractivity contribution is -0.144. The molecule has 1 unspecified atom stereocenters. The minimum absolute atomic E-state index is 0.0935. The second-order valence-electron chi connectivity index (χ2n) is 7.82. The second kappa shape index (κ2) is 11.1. The van der Waals surface area contributed by atoms with Crippen molar-refractivity contribution in [3.8, 4) is 0 Å². The van der Waals surface area contributed by atoms with Gasteiger partial charge in [-0.1, -0.05) is 30.5 Å². The average Bonchev–Trinajstić information content (AvgIpc) is 2.64. The number of carbonyl (C=O) groups is 2. The van der Waals surface area contributed by atoms with E-state index < -0.39 is 30.4 Å². The van der Waals surface area contributed by atoms with Crippen molar-refractivity contribution in [1.82, 2.24) is 10.2 Å². The van der Waals surface area contributed by atoms with Gasteiger partial charge >= 0.3 is 13.1 Å². The van der Waals surface area contributed by atoms with Crippen LogP contribution in [0.4, 0.5) is 4.39 Å². The Morgan fingerprint density at radius 2 is 1.93 bits per heavy atom. The highest BCUT2D eigenvalue weighted by Crippen LogP contribution is 2.21. The van der Waals surface area contributed by atoms with Gasteiger partial charge in [-0.25, -0.2) is 4.39 Å². The van der Waals surface area contributed by atoms with Crippen LogP contribution in [0.25, 0.3) is 0 Å². The molecule has 0 spiro atoms. The maximum atomic E-state index is 13.9. The topological polar surface area (TPSA) is 136 Å². The summed E-state index contributed by atoms with van der Waals surface area (Å²) in [5.41, 5.74) is 4.60. The lowest BCUT2D eigenvalue weighted by Crippen LogP contribution is -2.59. The van der Waals surface area contributed by atoms with Crippen LogP contribution in [0, 0.1) is 5.82 Å². The molecule has 1 heterocycles. The number of amides is 1. The van der Waals surface area contributed by atoms with Gasteiger partial charge in [-0.3, -0.25) is 14.5 Å². The summed E-state index contributed by atoms with van der Waals surface area (Å²) in [5.74, 6) is -2.32. The normalized spacial score (nSPS) is 16.6. The van der Waals surface area contributed by atoms with Gasteiger partial charge in [-0.05, 0) is 44.3 Å². The molecule has 1 aromatic carbocycles. The first kappa shape index (κ1) is 24.6. The van der Waals surface area contributed by atoms with Crippen molar-refractivity contribution in [3.05, 3.63) is 34.6 Å². The number of nitrogens with zero attached hydrogens (tertiary/aromatic N) is 1. The average molecular weight is 444 g/mol. The standard InChI is InChI=1S/C19H28BClFN3O5/c21-15-6-3-5-14(16(15)22)17(26)24-13-11-25(12-13)10-4-8-19(23,18(27)28)7-1-2-9-20(29)30/h3,5-6,13,29-30H,1-2,4,7-12,23H2,(H,24,26)(H,27,28). The Morgan fingerprint density at radius 3 is 2.57 bits per heavy atom. The van der Waals surface area contributed by atoms with Gasteiger partial charge in [0.15, 0.2) is 5.82 Å². The Kier molecular flexibility index (Phi) is 9.05. The Hall–Kier alpha value is -1.72. The molecule has 6 N–H and O–H groups in total. The van der Waals surface area contributed by atoms with Gasteiger partial charge in [0.25, 0.3) is 5.91 Å². The molecule has 0 bridgehead atoms. The summed E-state index contributed by atoms with van der Waals surface area (Å²) < 4.78 is 13.9. The van der Waals surface area contributed by atoms with Gasteiger partial charge in [0.1, 0.15) is 5.54 Å². The van der Waals surface area contributed by atoms with Gasteiger partial charge in [-0.2, -0.15) is 0 Å². The Labute approximate surface area is 180 Å². The predicted molar refractivity (Wildman–Crippen MR) is 112 cm³/mol. The fourth-order valence-corrected chi connectivity index (χ4v) is 3.68. The second-order valence-corrected chi connectivity index (χ2v) is 8.23. The Bertz CT molecular complexity index is 751. The van der Waals surface area contributed by atoms with Crippen molar-refractivity contribution in [2.75, 3.05) is 19.6 Å². The first-order chi connectivity index (χ1) is 14.1. The van der Waals surface area contributed by atoms with Crippen LogP contribution >= 0.6 is 11.6 Å². The first-order valence-corrected chi connectivity index (χ1v) is 10.4. The summed E-state index contributed by atoms with van der Waals surface area (Å²) in [6.07, 6.45) is 2.32. The van der Waals surface area contributed by atoms with Crippen LogP contribution in [-0.4, -0.2) is 70.3 Å². The number of halogens is 2. The molecule has 2 rings (SSSR count). The predicted octanol–water partition coefficient (Wildman–Crippen LogP) is 1.10. The van der Waals surface area contributed by atoms with Crippen molar-refractivity contribution in [1.29, 1.82) is 0 Å². The largest absolute Gasteiger partial charge is 0.480 e. The quantitative estimate of drug-likeness (QED) is 0.241. The van der Waals surface area contributed by atoms with Gasteiger partial charge in [0, 0.05) is 13.1 Å². The van der Waals surface area contributed by atoms with Crippen molar-refractivity contribution >= 4 is 30.6 Å². The molecule has 1 aliphatic heterocycles. The van der Waals surface area contributed by atoms with E-state index in [1.165, 1.54) is 18.2 Å². The van der Waals surface area contributed by atoms with Crippen molar-refractivity contribution in [3.63, 3.8) is 0 Å². The van der Waals surface area contributed by atoms with Gasteiger partial charge in [0.05, 0.1) is 16.6 Å². The molecule has 1 saturated heterocycles. The smallest absolute Gasteiger partial charge is 0.451 e. The zero-order valence-corrected chi connectivity index (χ0v) is 17.4. The molecule has 8 nitrogen and oxygen atoms in total. The highest BCUT2D eigenvalue weighted by Gasteiger charge is 2.34. The van der Waals surface area contributed by atoms with Crippen LogP contribution in [-0.2, 0) is 4.79 Å². The number of rotatable bonds is 12. The lowest BCUT2D eigenvalue weighted by atomic mass is 9.81. The third-order valence-corrected chi connectivity index (χ3v) is 5.64. The number of aliphatic carboxylic acids is 1. The minimum atomic E-state index is -1.39. The van der Waals surface area contributed by atoms with Crippen LogP contribution in [0.1, 0.15) is 42.5 Å². The van der Waals surface area contributed by atoms with E-state index in [-0.39, 0.29) is 29.4 Å².